The van der Waals surface area contributed by atoms with E-state index in [1.807, 2.05) is 0 Å². The topological polar surface area (TPSA) is 63.6 Å². The number of carboxylic acid groups (broad SMARTS) is 1. The molecular weight excluding hydrogens is 412 g/mol. The molecule has 0 aromatic rings. The van der Waals surface area contributed by atoms with E-state index in [4.69, 9.17) is 9.84 Å². The van der Waals surface area contributed by atoms with E-state index in [2.05, 4.69) is 13.8 Å². The highest BCUT2D eigenvalue weighted by molar-refractivity contribution is 5.69. The Kier molecular flexibility index (Phi) is 24.7. The third-order valence-electron chi connectivity index (χ3n) is 6.56. The van der Waals surface area contributed by atoms with Crippen LogP contribution in [0.15, 0.2) is 0 Å². The second-order valence-corrected chi connectivity index (χ2v) is 9.95. The van der Waals surface area contributed by atoms with Crippen LogP contribution in [-0.4, -0.2) is 23.1 Å². The maximum Gasteiger partial charge on any atom is 0.306 e. The minimum atomic E-state index is -0.782. The van der Waals surface area contributed by atoms with Crippen LogP contribution < -0.4 is 0 Å². The maximum atomic E-state index is 12.1. The number of carbonyl (C=O) groups excluding carboxylic acids is 1. The van der Waals surface area contributed by atoms with E-state index < -0.39 is 5.97 Å². The standard InChI is InChI=1S/C29H56O4/c1-3-5-6-7-8-9-10-11-12-13-14-15-16-17-18-19-20-21-26-29(32)33-27(23-4-2)24-22-25-28(30)31/h27H,3-26H2,1-2H3,(H,30,31). The van der Waals surface area contributed by atoms with E-state index in [1.54, 1.807) is 0 Å². The Bertz CT molecular complexity index is 435. The van der Waals surface area contributed by atoms with Crippen molar-refractivity contribution in [2.24, 2.45) is 0 Å². The van der Waals surface area contributed by atoms with Gasteiger partial charge in [-0.25, -0.2) is 0 Å². The SMILES string of the molecule is CCCCCCCCCCCCCCCCCCCCC(=O)OC(CCC)CCCC(=O)O. The van der Waals surface area contributed by atoms with E-state index in [0.29, 0.717) is 19.3 Å². The van der Waals surface area contributed by atoms with Gasteiger partial charge in [-0.2, -0.15) is 0 Å². The van der Waals surface area contributed by atoms with Gasteiger partial charge in [0.05, 0.1) is 0 Å². The van der Waals surface area contributed by atoms with Crippen molar-refractivity contribution in [2.45, 2.75) is 174 Å². The summed E-state index contributed by atoms with van der Waals surface area (Å²) in [5.74, 6) is -0.893. The Morgan fingerprint density at radius 3 is 1.36 bits per heavy atom. The molecule has 0 saturated heterocycles. The number of aliphatic carboxylic acids is 1. The maximum absolute atomic E-state index is 12.1. The summed E-state index contributed by atoms with van der Waals surface area (Å²) in [5.41, 5.74) is 0. The monoisotopic (exact) mass is 468 g/mol. The van der Waals surface area contributed by atoms with Crippen LogP contribution in [0.3, 0.4) is 0 Å². The minimum Gasteiger partial charge on any atom is -0.481 e. The third-order valence-corrected chi connectivity index (χ3v) is 6.56. The van der Waals surface area contributed by atoms with Crippen LogP contribution in [0.1, 0.15) is 168 Å². The second kappa shape index (κ2) is 25.6. The van der Waals surface area contributed by atoms with Gasteiger partial charge in [0, 0.05) is 12.8 Å². The van der Waals surface area contributed by atoms with E-state index in [0.717, 1.165) is 25.7 Å². The highest BCUT2D eigenvalue weighted by Crippen LogP contribution is 2.16. The van der Waals surface area contributed by atoms with Crippen molar-refractivity contribution in [3.8, 4) is 0 Å². The molecule has 33 heavy (non-hydrogen) atoms. The number of hydrogen-bond acceptors (Lipinski definition) is 3. The van der Waals surface area contributed by atoms with E-state index in [9.17, 15) is 9.59 Å². The van der Waals surface area contributed by atoms with E-state index in [-0.39, 0.29) is 18.5 Å². The highest BCUT2D eigenvalue weighted by atomic mass is 16.5. The number of carboxylic acids is 1. The first-order valence-electron chi connectivity index (χ1n) is 14.5. The van der Waals surface area contributed by atoms with Gasteiger partial charge in [0.15, 0.2) is 0 Å². The Labute approximate surface area is 205 Å². The Morgan fingerprint density at radius 1 is 0.545 bits per heavy atom. The quantitative estimate of drug-likeness (QED) is 0.101. The van der Waals surface area contributed by atoms with Crippen molar-refractivity contribution >= 4 is 11.9 Å². The number of hydrogen-bond donors (Lipinski definition) is 1. The Hall–Kier alpha value is -1.06. The fraction of sp³-hybridized carbons (Fsp3) is 0.931. The van der Waals surface area contributed by atoms with Gasteiger partial charge < -0.3 is 9.84 Å². The number of ether oxygens (including phenoxy) is 1. The molecule has 0 aliphatic carbocycles. The van der Waals surface area contributed by atoms with Crippen molar-refractivity contribution < 1.29 is 19.4 Å². The van der Waals surface area contributed by atoms with Gasteiger partial charge in [0.1, 0.15) is 6.10 Å². The highest BCUT2D eigenvalue weighted by Gasteiger charge is 2.14. The number of rotatable bonds is 26. The van der Waals surface area contributed by atoms with Crippen LogP contribution in [0.4, 0.5) is 0 Å². The second-order valence-electron chi connectivity index (χ2n) is 9.95. The van der Waals surface area contributed by atoms with Crippen molar-refractivity contribution in [3.05, 3.63) is 0 Å². The average Bonchev–Trinajstić information content (AvgIpc) is 2.78. The first-order chi connectivity index (χ1) is 16.1. The smallest absolute Gasteiger partial charge is 0.306 e. The van der Waals surface area contributed by atoms with E-state index in [1.165, 1.54) is 103 Å². The minimum absolute atomic E-state index is 0.111. The summed E-state index contributed by atoms with van der Waals surface area (Å²) >= 11 is 0. The number of esters is 1. The lowest BCUT2D eigenvalue weighted by atomic mass is 10.0. The Morgan fingerprint density at radius 2 is 0.970 bits per heavy atom. The largest absolute Gasteiger partial charge is 0.481 e. The molecule has 0 aromatic heterocycles. The summed E-state index contributed by atoms with van der Waals surface area (Å²) in [7, 11) is 0. The molecule has 0 heterocycles. The predicted octanol–water partition coefficient (Wildman–Crippen LogP) is 9.39. The molecule has 0 rings (SSSR count). The summed E-state index contributed by atoms with van der Waals surface area (Å²) in [6, 6.07) is 0. The summed E-state index contributed by atoms with van der Waals surface area (Å²) in [4.78, 5) is 22.7. The lowest BCUT2D eigenvalue weighted by Gasteiger charge is -2.17. The summed E-state index contributed by atoms with van der Waals surface area (Å²) < 4.78 is 5.57. The zero-order valence-corrected chi connectivity index (χ0v) is 22.2. The molecule has 1 atom stereocenters. The predicted molar refractivity (Wildman–Crippen MR) is 140 cm³/mol. The van der Waals surface area contributed by atoms with Crippen LogP contribution in [0.5, 0.6) is 0 Å². The third kappa shape index (κ3) is 25.4. The molecule has 1 unspecified atom stereocenters. The number of unbranched alkanes of at least 4 members (excludes halogenated alkanes) is 17. The van der Waals surface area contributed by atoms with Gasteiger partial charge in [0.2, 0.25) is 0 Å². The molecule has 0 bridgehead atoms. The van der Waals surface area contributed by atoms with Crippen LogP contribution in [0.2, 0.25) is 0 Å². The number of carbonyl (C=O) groups is 2. The van der Waals surface area contributed by atoms with Gasteiger partial charge in [0.25, 0.3) is 0 Å². The molecule has 0 amide bonds. The molecule has 4 heteroatoms. The van der Waals surface area contributed by atoms with E-state index >= 15 is 0 Å². The molecule has 0 spiro atoms. The first-order valence-corrected chi connectivity index (χ1v) is 14.5. The lowest BCUT2D eigenvalue weighted by molar-refractivity contribution is -0.150. The first kappa shape index (κ1) is 31.9. The fourth-order valence-corrected chi connectivity index (χ4v) is 4.48. The van der Waals surface area contributed by atoms with Crippen LogP contribution in [0, 0.1) is 0 Å². The Balaban J connectivity index is 3.39. The molecule has 4 nitrogen and oxygen atoms in total. The normalized spacial score (nSPS) is 12.1. The van der Waals surface area contributed by atoms with Crippen molar-refractivity contribution in [1.82, 2.24) is 0 Å². The molecule has 0 radical (unpaired) electrons. The van der Waals surface area contributed by atoms with Gasteiger partial charge in [-0.05, 0) is 25.7 Å². The van der Waals surface area contributed by atoms with Crippen molar-refractivity contribution in [1.29, 1.82) is 0 Å². The molecule has 0 aromatic carbocycles. The van der Waals surface area contributed by atoms with Crippen LogP contribution in [0.25, 0.3) is 0 Å². The molecule has 0 fully saturated rings. The van der Waals surface area contributed by atoms with Gasteiger partial charge in [-0.1, -0.05) is 129 Å². The van der Waals surface area contributed by atoms with Crippen LogP contribution >= 0.6 is 0 Å². The van der Waals surface area contributed by atoms with Crippen molar-refractivity contribution in [3.63, 3.8) is 0 Å². The summed E-state index contributed by atoms with van der Waals surface area (Å²) in [5, 5.41) is 8.75. The van der Waals surface area contributed by atoms with Crippen molar-refractivity contribution in [2.75, 3.05) is 0 Å². The molecule has 196 valence electrons. The lowest BCUT2D eigenvalue weighted by Crippen LogP contribution is -2.18. The molecule has 0 aliphatic heterocycles. The average molecular weight is 469 g/mol. The zero-order chi connectivity index (χ0) is 24.4. The summed E-state index contributed by atoms with van der Waals surface area (Å²) in [6.07, 6.45) is 27.7. The van der Waals surface area contributed by atoms with Crippen LogP contribution in [-0.2, 0) is 14.3 Å². The van der Waals surface area contributed by atoms with Gasteiger partial charge >= 0.3 is 11.9 Å². The fourth-order valence-electron chi connectivity index (χ4n) is 4.48. The molecule has 0 saturated carbocycles. The zero-order valence-electron chi connectivity index (χ0n) is 22.2. The van der Waals surface area contributed by atoms with Gasteiger partial charge in [-0.3, -0.25) is 9.59 Å². The molecule has 0 aliphatic rings. The molecular formula is C29H56O4. The van der Waals surface area contributed by atoms with Gasteiger partial charge in [-0.15, -0.1) is 0 Å². The molecule has 1 N–H and O–H groups in total. The summed E-state index contributed by atoms with van der Waals surface area (Å²) in [6.45, 7) is 4.34.